The van der Waals surface area contributed by atoms with Crippen molar-refractivity contribution in [2.75, 3.05) is 6.61 Å². The van der Waals surface area contributed by atoms with E-state index in [-0.39, 0.29) is 0 Å². The molecule has 0 aromatic carbocycles. The Morgan fingerprint density at radius 1 is 1.40 bits per heavy atom. The summed E-state index contributed by atoms with van der Waals surface area (Å²) in [4.78, 5) is 0. The first-order chi connectivity index (χ1) is 4.91. The summed E-state index contributed by atoms with van der Waals surface area (Å²) >= 11 is 0. The van der Waals surface area contributed by atoms with Crippen LogP contribution in [0, 0.1) is 0 Å². The monoisotopic (exact) mass is 140 g/mol. The van der Waals surface area contributed by atoms with Gasteiger partial charge >= 0.3 is 0 Å². The highest BCUT2D eigenvalue weighted by Gasteiger charge is 1.76. The predicted octanol–water partition coefficient (Wildman–Crippen LogP) is 2.89. The van der Waals surface area contributed by atoms with Crippen molar-refractivity contribution >= 4 is 0 Å². The maximum atomic E-state index is 4.89. The van der Waals surface area contributed by atoms with Crippen molar-refractivity contribution in [1.82, 2.24) is 0 Å². The first kappa shape index (κ1) is 9.28. The van der Waals surface area contributed by atoms with Crippen LogP contribution in [0.2, 0.25) is 0 Å². The highest BCUT2D eigenvalue weighted by Crippen LogP contribution is 1.94. The zero-order chi connectivity index (χ0) is 7.66. The van der Waals surface area contributed by atoms with Crippen LogP contribution in [0.3, 0.4) is 0 Å². The molecular formula is C9H16O. The molecule has 0 atom stereocenters. The minimum Gasteiger partial charge on any atom is -0.498 e. The van der Waals surface area contributed by atoms with Crippen LogP contribution in [0.25, 0.3) is 0 Å². The molecule has 0 radical (unpaired) electrons. The van der Waals surface area contributed by atoms with E-state index in [1.807, 2.05) is 6.08 Å². The average Bonchev–Trinajstić information content (AvgIpc) is 1.97. The van der Waals surface area contributed by atoms with Gasteiger partial charge in [-0.3, -0.25) is 0 Å². The summed E-state index contributed by atoms with van der Waals surface area (Å²) in [5, 5.41) is 0. The largest absolute Gasteiger partial charge is 0.498 e. The topological polar surface area (TPSA) is 9.23 Å². The van der Waals surface area contributed by atoms with Crippen molar-refractivity contribution in [1.29, 1.82) is 0 Å². The lowest BCUT2D eigenvalue weighted by Gasteiger charge is -1.91. The Hall–Kier alpha value is -0.720. The maximum absolute atomic E-state index is 4.89. The van der Waals surface area contributed by atoms with Crippen molar-refractivity contribution in [2.45, 2.75) is 26.2 Å². The van der Waals surface area contributed by atoms with Gasteiger partial charge < -0.3 is 4.74 Å². The molecule has 0 aromatic rings. The minimum absolute atomic E-state index is 0.660. The SMILES string of the molecule is C=COC/C=C/CCCC. The van der Waals surface area contributed by atoms with Gasteiger partial charge in [0.05, 0.1) is 6.26 Å². The molecule has 0 saturated carbocycles. The number of rotatable bonds is 6. The van der Waals surface area contributed by atoms with Gasteiger partial charge in [0.15, 0.2) is 0 Å². The van der Waals surface area contributed by atoms with E-state index in [4.69, 9.17) is 4.74 Å². The van der Waals surface area contributed by atoms with Crippen LogP contribution in [0.5, 0.6) is 0 Å². The first-order valence-corrected chi connectivity index (χ1v) is 3.79. The Morgan fingerprint density at radius 3 is 2.80 bits per heavy atom. The van der Waals surface area contributed by atoms with Crippen molar-refractivity contribution in [2.24, 2.45) is 0 Å². The Bertz CT molecular complexity index is 94.9. The molecule has 1 heteroatoms. The van der Waals surface area contributed by atoms with Gasteiger partial charge in [-0.05, 0) is 6.42 Å². The summed E-state index contributed by atoms with van der Waals surface area (Å²) in [5.41, 5.74) is 0. The molecule has 0 aromatic heterocycles. The van der Waals surface area contributed by atoms with Gasteiger partial charge in [0.1, 0.15) is 6.61 Å². The molecular weight excluding hydrogens is 124 g/mol. The minimum atomic E-state index is 0.660. The van der Waals surface area contributed by atoms with Gasteiger partial charge in [-0.2, -0.15) is 0 Å². The highest BCUT2D eigenvalue weighted by atomic mass is 16.5. The van der Waals surface area contributed by atoms with Crippen LogP contribution >= 0.6 is 0 Å². The normalized spacial score (nSPS) is 10.1. The Kier molecular flexibility index (Phi) is 7.68. The summed E-state index contributed by atoms with van der Waals surface area (Å²) in [5.74, 6) is 0. The van der Waals surface area contributed by atoms with Crippen LogP contribution in [0.1, 0.15) is 26.2 Å². The van der Waals surface area contributed by atoms with E-state index in [2.05, 4.69) is 19.6 Å². The lowest BCUT2D eigenvalue weighted by Crippen LogP contribution is -1.78. The van der Waals surface area contributed by atoms with E-state index >= 15 is 0 Å². The van der Waals surface area contributed by atoms with Crippen LogP contribution in [-0.4, -0.2) is 6.61 Å². The standard InChI is InChI=1S/C9H16O/c1-3-5-6-7-8-9-10-4-2/h4,7-8H,2-3,5-6,9H2,1H3/b8-7+. The van der Waals surface area contributed by atoms with E-state index in [9.17, 15) is 0 Å². The zero-order valence-electron chi connectivity index (χ0n) is 6.68. The van der Waals surface area contributed by atoms with E-state index in [1.54, 1.807) is 0 Å². The number of allylic oxidation sites excluding steroid dienone is 1. The van der Waals surface area contributed by atoms with Crippen molar-refractivity contribution in [3.05, 3.63) is 25.0 Å². The number of hydrogen-bond donors (Lipinski definition) is 0. The van der Waals surface area contributed by atoms with Crippen molar-refractivity contribution in [3.63, 3.8) is 0 Å². The molecule has 10 heavy (non-hydrogen) atoms. The third-order valence-corrected chi connectivity index (χ3v) is 1.20. The smallest absolute Gasteiger partial charge is 0.105 e. The quantitative estimate of drug-likeness (QED) is 0.313. The molecule has 1 nitrogen and oxygen atoms in total. The average molecular weight is 140 g/mol. The Balaban J connectivity index is 2.96. The van der Waals surface area contributed by atoms with Gasteiger partial charge in [0, 0.05) is 0 Å². The number of unbranched alkanes of at least 4 members (excludes halogenated alkanes) is 2. The van der Waals surface area contributed by atoms with Gasteiger partial charge in [0.2, 0.25) is 0 Å². The van der Waals surface area contributed by atoms with Crippen LogP contribution in [0.4, 0.5) is 0 Å². The van der Waals surface area contributed by atoms with Crippen LogP contribution in [0.15, 0.2) is 25.0 Å². The van der Waals surface area contributed by atoms with Gasteiger partial charge in [-0.1, -0.05) is 38.5 Å². The van der Waals surface area contributed by atoms with E-state index in [0.717, 1.165) is 6.42 Å². The molecule has 0 amide bonds. The number of hydrogen-bond acceptors (Lipinski definition) is 1. The molecule has 58 valence electrons. The number of ether oxygens (including phenoxy) is 1. The van der Waals surface area contributed by atoms with Gasteiger partial charge in [-0.25, -0.2) is 0 Å². The molecule has 0 aliphatic heterocycles. The summed E-state index contributed by atoms with van der Waals surface area (Å²) < 4.78 is 4.89. The molecule has 0 aliphatic carbocycles. The second-order valence-electron chi connectivity index (χ2n) is 2.11. The lowest BCUT2D eigenvalue weighted by molar-refractivity contribution is 0.291. The summed E-state index contributed by atoms with van der Waals surface area (Å²) in [6.45, 7) is 6.29. The summed E-state index contributed by atoms with van der Waals surface area (Å²) in [7, 11) is 0. The molecule has 0 fully saturated rings. The van der Waals surface area contributed by atoms with Gasteiger partial charge in [-0.15, -0.1) is 0 Å². The van der Waals surface area contributed by atoms with E-state index < -0.39 is 0 Å². The highest BCUT2D eigenvalue weighted by molar-refractivity contribution is 4.81. The fourth-order valence-corrected chi connectivity index (χ4v) is 0.631. The molecule has 0 spiro atoms. The van der Waals surface area contributed by atoms with E-state index in [0.29, 0.717) is 6.61 Å². The van der Waals surface area contributed by atoms with Crippen LogP contribution < -0.4 is 0 Å². The second kappa shape index (κ2) is 8.28. The fraction of sp³-hybridized carbons (Fsp3) is 0.556. The second-order valence-corrected chi connectivity index (χ2v) is 2.11. The Labute approximate surface area is 63.4 Å². The molecule has 0 aliphatic rings. The lowest BCUT2D eigenvalue weighted by atomic mass is 10.2. The molecule has 0 unspecified atom stereocenters. The van der Waals surface area contributed by atoms with Gasteiger partial charge in [0.25, 0.3) is 0 Å². The van der Waals surface area contributed by atoms with Crippen molar-refractivity contribution < 1.29 is 4.74 Å². The molecule has 0 N–H and O–H groups in total. The molecule has 0 heterocycles. The maximum Gasteiger partial charge on any atom is 0.105 e. The zero-order valence-corrected chi connectivity index (χ0v) is 6.68. The third kappa shape index (κ3) is 7.28. The van der Waals surface area contributed by atoms with E-state index in [1.165, 1.54) is 19.1 Å². The predicted molar refractivity (Wildman–Crippen MR) is 44.8 cm³/mol. The summed E-state index contributed by atoms with van der Waals surface area (Å²) in [6.07, 6.45) is 9.32. The van der Waals surface area contributed by atoms with Crippen LogP contribution in [-0.2, 0) is 4.74 Å². The molecule has 0 rings (SSSR count). The molecule has 0 saturated heterocycles. The fourth-order valence-electron chi connectivity index (χ4n) is 0.631. The van der Waals surface area contributed by atoms with Crippen molar-refractivity contribution in [3.8, 4) is 0 Å². The third-order valence-electron chi connectivity index (χ3n) is 1.20. The summed E-state index contributed by atoms with van der Waals surface area (Å²) in [6, 6.07) is 0. The Morgan fingerprint density at radius 2 is 2.20 bits per heavy atom. The molecule has 0 bridgehead atoms. The first-order valence-electron chi connectivity index (χ1n) is 3.79.